The Bertz CT molecular complexity index is 450. The van der Waals surface area contributed by atoms with Crippen LogP contribution in [0.15, 0.2) is 24.5 Å². The highest BCUT2D eigenvalue weighted by molar-refractivity contribution is 5.80. The number of nitrogens with two attached hydrogens (primary N) is 1. The molecular weight excluding hydrogens is 178 g/mol. The first-order valence-corrected chi connectivity index (χ1v) is 4.52. The van der Waals surface area contributed by atoms with Gasteiger partial charge in [0.15, 0.2) is 0 Å². The largest absolute Gasteiger partial charge is 0.387 e. The maximum absolute atomic E-state index is 9.67. The molecule has 2 aromatic heterocycles. The molecule has 2 rings (SSSR count). The lowest BCUT2D eigenvalue weighted by Gasteiger charge is -2.04. The molecule has 4 nitrogen and oxygen atoms in total. The first-order valence-electron chi connectivity index (χ1n) is 4.52. The van der Waals surface area contributed by atoms with Crippen molar-refractivity contribution in [3.05, 3.63) is 30.1 Å². The summed E-state index contributed by atoms with van der Waals surface area (Å²) in [5.74, 6) is 0. The van der Waals surface area contributed by atoms with E-state index in [9.17, 15) is 5.11 Å². The highest BCUT2D eigenvalue weighted by atomic mass is 16.3. The zero-order chi connectivity index (χ0) is 10.1. The molecule has 0 radical (unpaired) electrons. The van der Waals surface area contributed by atoms with Crippen LogP contribution >= 0.6 is 0 Å². The number of hydrogen-bond donors (Lipinski definition) is 2. The molecule has 0 saturated carbocycles. The zero-order valence-corrected chi connectivity index (χ0v) is 8.01. The minimum absolute atomic E-state index is 0.230. The second-order valence-electron chi connectivity index (χ2n) is 3.32. The molecule has 0 fully saturated rings. The standard InChI is InChI=1S/C10H13N3O/c1-13-6-8(9(14)5-11)7-3-2-4-12-10(7)13/h2-4,6,9,14H,5,11H2,1H3/t9-/m0/s1. The van der Waals surface area contributed by atoms with Crippen molar-refractivity contribution in [3.63, 3.8) is 0 Å². The molecule has 0 spiro atoms. The Morgan fingerprint density at radius 2 is 2.43 bits per heavy atom. The number of hydrogen-bond acceptors (Lipinski definition) is 3. The molecule has 0 aliphatic rings. The summed E-state index contributed by atoms with van der Waals surface area (Å²) < 4.78 is 1.89. The predicted molar refractivity (Wildman–Crippen MR) is 54.7 cm³/mol. The van der Waals surface area contributed by atoms with Crippen molar-refractivity contribution in [1.82, 2.24) is 9.55 Å². The van der Waals surface area contributed by atoms with E-state index in [0.29, 0.717) is 0 Å². The summed E-state index contributed by atoms with van der Waals surface area (Å²) in [4.78, 5) is 4.23. The summed E-state index contributed by atoms with van der Waals surface area (Å²) in [6.07, 6.45) is 3.00. The van der Waals surface area contributed by atoms with Gasteiger partial charge in [0, 0.05) is 36.9 Å². The summed E-state index contributed by atoms with van der Waals surface area (Å²) in [6, 6.07) is 3.80. The second-order valence-corrected chi connectivity index (χ2v) is 3.32. The molecule has 0 unspecified atom stereocenters. The van der Waals surface area contributed by atoms with Gasteiger partial charge in [-0.15, -0.1) is 0 Å². The average molecular weight is 191 g/mol. The van der Waals surface area contributed by atoms with Crippen LogP contribution < -0.4 is 5.73 Å². The normalized spacial score (nSPS) is 13.4. The van der Waals surface area contributed by atoms with Crippen molar-refractivity contribution in [2.75, 3.05) is 6.54 Å². The van der Waals surface area contributed by atoms with Gasteiger partial charge in [-0.2, -0.15) is 0 Å². The lowest BCUT2D eigenvalue weighted by atomic mass is 10.1. The Balaban J connectivity index is 2.66. The van der Waals surface area contributed by atoms with Crippen LogP contribution in [0.5, 0.6) is 0 Å². The maximum atomic E-state index is 9.67. The molecule has 0 aliphatic heterocycles. The number of aliphatic hydroxyl groups excluding tert-OH is 1. The van der Waals surface area contributed by atoms with E-state index in [4.69, 9.17) is 5.73 Å². The summed E-state index contributed by atoms with van der Waals surface area (Å²) >= 11 is 0. The van der Waals surface area contributed by atoms with Gasteiger partial charge in [0.25, 0.3) is 0 Å². The van der Waals surface area contributed by atoms with Gasteiger partial charge in [-0.05, 0) is 12.1 Å². The van der Waals surface area contributed by atoms with Crippen LogP contribution in [0.2, 0.25) is 0 Å². The van der Waals surface area contributed by atoms with Gasteiger partial charge in [0.05, 0.1) is 6.10 Å². The van der Waals surface area contributed by atoms with Gasteiger partial charge in [-0.25, -0.2) is 4.98 Å². The zero-order valence-electron chi connectivity index (χ0n) is 8.01. The van der Waals surface area contributed by atoms with Crippen LogP contribution in [-0.2, 0) is 7.05 Å². The minimum atomic E-state index is -0.608. The minimum Gasteiger partial charge on any atom is -0.387 e. The van der Waals surface area contributed by atoms with Crippen LogP contribution in [0.1, 0.15) is 11.7 Å². The molecule has 0 aliphatic carbocycles. The first kappa shape index (κ1) is 9.18. The Morgan fingerprint density at radius 1 is 1.64 bits per heavy atom. The van der Waals surface area contributed by atoms with E-state index in [1.165, 1.54) is 0 Å². The fourth-order valence-electron chi connectivity index (χ4n) is 1.64. The lowest BCUT2D eigenvalue weighted by molar-refractivity contribution is 0.188. The third-order valence-corrected chi connectivity index (χ3v) is 2.35. The molecule has 14 heavy (non-hydrogen) atoms. The van der Waals surface area contributed by atoms with E-state index in [-0.39, 0.29) is 6.54 Å². The van der Waals surface area contributed by atoms with Gasteiger partial charge in [0.2, 0.25) is 0 Å². The molecule has 2 aromatic rings. The lowest BCUT2D eigenvalue weighted by Crippen LogP contribution is -2.10. The second kappa shape index (κ2) is 3.40. The summed E-state index contributed by atoms with van der Waals surface area (Å²) in [7, 11) is 1.90. The molecule has 0 aromatic carbocycles. The molecule has 3 N–H and O–H groups in total. The molecular formula is C10H13N3O. The average Bonchev–Trinajstić information content (AvgIpc) is 2.56. The summed E-state index contributed by atoms with van der Waals surface area (Å²) in [5.41, 5.74) is 7.14. The Kier molecular flexibility index (Phi) is 2.23. The SMILES string of the molecule is Cn1cc([C@@H](O)CN)c2cccnc21. The number of aryl methyl sites for hydroxylation is 1. The van der Waals surface area contributed by atoms with E-state index in [1.54, 1.807) is 6.20 Å². The van der Waals surface area contributed by atoms with Crippen molar-refractivity contribution < 1.29 is 5.11 Å². The van der Waals surface area contributed by atoms with Gasteiger partial charge in [-0.1, -0.05) is 0 Å². The smallest absolute Gasteiger partial charge is 0.139 e. The van der Waals surface area contributed by atoms with Crippen LogP contribution in [0.25, 0.3) is 11.0 Å². The molecule has 4 heteroatoms. The van der Waals surface area contributed by atoms with Crippen molar-refractivity contribution in [2.45, 2.75) is 6.10 Å². The third-order valence-electron chi connectivity index (χ3n) is 2.35. The summed E-state index contributed by atoms with van der Waals surface area (Å²) in [5, 5.41) is 10.6. The Morgan fingerprint density at radius 3 is 3.14 bits per heavy atom. The summed E-state index contributed by atoms with van der Waals surface area (Å²) in [6.45, 7) is 0.230. The highest BCUT2D eigenvalue weighted by Crippen LogP contribution is 2.23. The molecule has 1 atom stereocenters. The van der Waals surface area contributed by atoms with Crippen LogP contribution in [-0.4, -0.2) is 21.2 Å². The van der Waals surface area contributed by atoms with E-state index >= 15 is 0 Å². The van der Waals surface area contributed by atoms with Crippen molar-refractivity contribution in [3.8, 4) is 0 Å². The Hall–Kier alpha value is -1.39. The van der Waals surface area contributed by atoms with Gasteiger partial charge in [-0.3, -0.25) is 0 Å². The third kappa shape index (κ3) is 1.29. The number of fused-ring (bicyclic) bond motifs is 1. The van der Waals surface area contributed by atoms with Crippen LogP contribution in [0.3, 0.4) is 0 Å². The number of pyridine rings is 1. The number of nitrogens with zero attached hydrogens (tertiary/aromatic N) is 2. The molecule has 2 heterocycles. The molecule has 0 saturated heterocycles. The van der Waals surface area contributed by atoms with Gasteiger partial charge >= 0.3 is 0 Å². The quantitative estimate of drug-likeness (QED) is 0.729. The number of aromatic nitrogens is 2. The molecule has 0 bridgehead atoms. The first-order chi connectivity index (χ1) is 6.74. The van der Waals surface area contributed by atoms with E-state index in [2.05, 4.69) is 4.98 Å². The van der Waals surface area contributed by atoms with E-state index in [1.807, 2.05) is 29.9 Å². The molecule has 74 valence electrons. The van der Waals surface area contributed by atoms with Gasteiger partial charge in [0.1, 0.15) is 5.65 Å². The van der Waals surface area contributed by atoms with Crippen molar-refractivity contribution >= 4 is 11.0 Å². The fraction of sp³-hybridized carbons (Fsp3) is 0.300. The van der Waals surface area contributed by atoms with Crippen molar-refractivity contribution in [1.29, 1.82) is 0 Å². The fourth-order valence-corrected chi connectivity index (χ4v) is 1.64. The maximum Gasteiger partial charge on any atom is 0.139 e. The van der Waals surface area contributed by atoms with Crippen molar-refractivity contribution in [2.24, 2.45) is 12.8 Å². The van der Waals surface area contributed by atoms with E-state index < -0.39 is 6.10 Å². The Labute approximate surface area is 82.0 Å². The predicted octanol–water partition coefficient (Wildman–Crippen LogP) is 0.565. The van der Waals surface area contributed by atoms with Crippen LogP contribution in [0.4, 0.5) is 0 Å². The monoisotopic (exact) mass is 191 g/mol. The van der Waals surface area contributed by atoms with Crippen LogP contribution in [0, 0.1) is 0 Å². The van der Waals surface area contributed by atoms with E-state index in [0.717, 1.165) is 16.6 Å². The number of aliphatic hydroxyl groups is 1. The highest BCUT2D eigenvalue weighted by Gasteiger charge is 2.12. The topological polar surface area (TPSA) is 64.1 Å². The van der Waals surface area contributed by atoms with Gasteiger partial charge < -0.3 is 15.4 Å². The number of rotatable bonds is 2. The molecule has 0 amide bonds.